The van der Waals surface area contributed by atoms with E-state index in [1.165, 1.54) is 12.7 Å². The molecule has 18 heavy (non-hydrogen) atoms. The highest BCUT2D eigenvalue weighted by Gasteiger charge is 2.28. The molecule has 3 heterocycles. The molecule has 2 aromatic heterocycles. The zero-order chi connectivity index (χ0) is 12.7. The fourth-order valence-electron chi connectivity index (χ4n) is 1.91. The van der Waals surface area contributed by atoms with Crippen molar-refractivity contribution in [3.63, 3.8) is 0 Å². The monoisotopic (exact) mass is 250 g/mol. The molecule has 0 spiro atoms. The number of aliphatic hydroxyl groups is 2. The van der Waals surface area contributed by atoms with Gasteiger partial charge in [-0.05, 0) is 0 Å². The number of nitrogens with one attached hydrogen (secondary N) is 1. The first-order chi connectivity index (χ1) is 8.70. The second-order valence-electron chi connectivity index (χ2n) is 3.86. The van der Waals surface area contributed by atoms with Gasteiger partial charge in [0.25, 0.3) is 5.56 Å². The van der Waals surface area contributed by atoms with E-state index in [-0.39, 0.29) is 35.6 Å². The van der Waals surface area contributed by atoms with Gasteiger partial charge in [0.05, 0.1) is 12.7 Å². The van der Waals surface area contributed by atoms with Gasteiger partial charge >= 0.3 is 0 Å². The predicted molar refractivity (Wildman–Crippen MR) is 59.6 cm³/mol. The first-order valence-corrected chi connectivity index (χ1v) is 5.29. The molecule has 0 amide bonds. The maximum absolute atomic E-state index is 11.5. The van der Waals surface area contributed by atoms with E-state index in [4.69, 9.17) is 9.84 Å². The standard InChI is InChI=1S/C10H10N4O4/c15-2-6-5(16)1-7(18-6)14-4-13-8-9(14)11-3-12-10(8)17/h3-4,7,15-16H,1-2H2,(H,11,12,17)/t7-/m1/s1. The first kappa shape index (κ1) is 10.8. The largest absolute Gasteiger partial charge is 0.508 e. The Hall–Kier alpha value is -2.35. The third-order valence-electron chi connectivity index (χ3n) is 2.79. The number of aliphatic hydroxyl groups excluding tert-OH is 2. The summed E-state index contributed by atoms with van der Waals surface area (Å²) < 4.78 is 6.91. The first-order valence-electron chi connectivity index (χ1n) is 5.29. The van der Waals surface area contributed by atoms with Crippen molar-refractivity contribution in [3.05, 3.63) is 34.5 Å². The fourth-order valence-corrected chi connectivity index (χ4v) is 1.91. The van der Waals surface area contributed by atoms with E-state index in [0.717, 1.165) is 0 Å². The van der Waals surface area contributed by atoms with E-state index >= 15 is 0 Å². The average molecular weight is 250 g/mol. The minimum atomic E-state index is -0.550. The summed E-state index contributed by atoms with van der Waals surface area (Å²) in [6.45, 7) is -0.372. The Kier molecular flexibility index (Phi) is 2.30. The maximum Gasteiger partial charge on any atom is 0.278 e. The quantitative estimate of drug-likeness (QED) is 0.680. The molecule has 0 radical (unpaired) electrons. The SMILES string of the molecule is O=c1[nH]cnc2c1ncn2[C@H]1CC(O)=C(CO)O1. The molecule has 0 aromatic carbocycles. The lowest BCUT2D eigenvalue weighted by Gasteiger charge is -2.13. The second-order valence-corrected chi connectivity index (χ2v) is 3.86. The third-order valence-corrected chi connectivity index (χ3v) is 2.79. The number of rotatable bonds is 2. The van der Waals surface area contributed by atoms with Gasteiger partial charge in [-0.1, -0.05) is 0 Å². The third kappa shape index (κ3) is 1.46. The lowest BCUT2D eigenvalue weighted by atomic mass is 10.3. The van der Waals surface area contributed by atoms with Crippen molar-refractivity contribution in [1.29, 1.82) is 0 Å². The summed E-state index contributed by atoms with van der Waals surface area (Å²) in [5.74, 6) is 0.126. The Morgan fingerprint density at radius 1 is 1.56 bits per heavy atom. The molecule has 94 valence electrons. The second kappa shape index (κ2) is 3.84. The Morgan fingerprint density at radius 2 is 2.39 bits per heavy atom. The molecule has 0 unspecified atom stereocenters. The molecule has 0 saturated heterocycles. The number of hydrogen-bond donors (Lipinski definition) is 3. The molecule has 1 aliphatic heterocycles. The lowest BCUT2D eigenvalue weighted by Crippen LogP contribution is -2.11. The van der Waals surface area contributed by atoms with Crippen molar-refractivity contribution in [2.24, 2.45) is 0 Å². The van der Waals surface area contributed by atoms with Crippen LogP contribution in [0.2, 0.25) is 0 Å². The Labute approximate surface area is 100 Å². The molecule has 0 bridgehead atoms. The highest BCUT2D eigenvalue weighted by atomic mass is 16.5. The van der Waals surface area contributed by atoms with Gasteiger partial charge in [-0.25, -0.2) is 9.97 Å². The molecule has 3 rings (SSSR count). The van der Waals surface area contributed by atoms with Crippen LogP contribution in [-0.4, -0.2) is 36.3 Å². The smallest absolute Gasteiger partial charge is 0.278 e. The molecule has 1 atom stereocenters. The van der Waals surface area contributed by atoms with Gasteiger partial charge in [-0.15, -0.1) is 0 Å². The summed E-state index contributed by atoms with van der Waals surface area (Å²) >= 11 is 0. The van der Waals surface area contributed by atoms with Crippen molar-refractivity contribution < 1.29 is 14.9 Å². The average Bonchev–Trinajstić information content (AvgIpc) is 2.93. The maximum atomic E-state index is 11.5. The molecule has 8 heteroatoms. The van der Waals surface area contributed by atoms with E-state index in [0.29, 0.717) is 5.65 Å². The van der Waals surface area contributed by atoms with Crippen LogP contribution in [0.5, 0.6) is 0 Å². The molecular weight excluding hydrogens is 240 g/mol. The molecule has 0 saturated carbocycles. The van der Waals surface area contributed by atoms with E-state index in [9.17, 15) is 9.90 Å². The number of hydrogen-bond acceptors (Lipinski definition) is 6. The van der Waals surface area contributed by atoms with Crippen molar-refractivity contribution in [1.82, 2.24) is 19.5 Å². The zero-order valence-corrected chi connectivity index (χ0v) is 9.20. The van der Waals surface area contributed by atoms with E-state index < -0.39 is 6.23 Å². The number of aromatic nitrogens is 4. The Balaban J connectivity index is 2.03. The number of aromatic amines is 1. The number of ether oxygens (including phenoxy) is 1. The summed E-state index contributed by atoms with van der Waals surface area (Å²) in [5.41, 5.74) is 0.241. The Morgan fingerprint density at radius 3 is 3.11 bits per heavy atom. The number of imidazole rings is 1. The minimum Gasteiger partial charge on any atom is -0.508 e. The van der Waals surface area contributed by atoms with Crippen molar-refractivity contribution in [2.75, 3.05) is 6.61 Å². The van der Waals surface area contributed by atoms with Gasteiger partial charge in [-0.3, -0.25) is 9.36 Å². The number of nitrogens with zero attached hydrogens (tertiary/aromatic N) is 3. The van der Waals surface area contributed by atoms with Crippen LogP contribution in [0.25, 0.3) is 11.2 Å². The predicted octanol–water partition coefficient (Wildman–Crippen LogP) is -0.200. The van der Waals surface area contributed by atoms with E-state index in [2.05, 4.69) is 15.0 Å². The lowest BCUT2D eigenvalue weighted by molar-refractivity contribution is 0.0656. The highest BCUT2D eigenvalue weighted by Crippen LogP contribution is 2.31. The van der Waals surface area contributed by atoms with Crippen LogP contribution in [0.1, 0.15) is 12.6 Å². The van der Waals surface area contributed by atoms with Crippen LogP contribution in [-0.2, 0) is 4.74 Å². The van der Waals surface area contributed by atoms with Crippen LogP contribution < -0.4 is 5.56 Å². The molecule has 2 aromatic rings. The fraction of sp³-hybridized carbons (Fsp3) is 0.300. The van der Waals surface area contributed by atoms with Crippen molar-refractivity contribution in [3.8, 4) is 0 Å². The molecule has 0 aliphatic carbocycles. The highest BCUT2D eigenvalue weighted by molar-refractivity contribution is 5.68. The summed E-state index contributed by atoms with van der Waals surface area (Å²) in [6.07, 6.45) is 2.35. The van der Waals surface area contributed by atoms with Gasteiger partial charge in [0.2, 0.25) is 0 Å². The van der Waals surface area contributed by atoms with Gasteiger partial charge < -0.3 is 19.9 Å². The van der Waals surface area contributed by atoms with Gasteiger partial charge in [0, 0.05) is 0 Å². The van der Waals surface area contributed by atoms with Crippen molar-refractivity contribution in [2.45, 2.75) is 12.6 Å². The van der Waals surface area contributed by atoms with Gasteiger partial charge in [0.1, 0.15) is 18.7 Å². The number of fused-ring (bicyclic) bond motifs is 1. The van der Waals surface area contributed by atoms with E-state index in [1.54, 1.807) is 4.57 Å². The van der Waals surface area contributed by atoms with Crippen LogP contribution in [0, 0.1) is 0 Å². The van der Waals surface area contributed by atoms with E-state index in [1.807, 2.05) is 0 Å². The number of H-pyrrole nitrogens is 1. The molecule has 1 aliphatic rings. The topological polar surface area (TPSA) is 113 Å². The molecular formula is C10H10N4O4. The van der Waals surface area contributed by atoms with Gasteiger partial charge in [0.15, 0.2) is 23.2 Å². The molecule has 8 nitrogen and oxygen atoms in total. The summed E-state index contributed by atoms with van der Waals surface area (Å²) in [6, 6.07) is 0. The van der Waals surface area contributed by atoms with Crippen LogP contribution in [0.15, 0.2) is 29.0 Å². The zero-order valence-electron chi connectivity index (χ0n) is 9.20. The van der Waals surface area contributed by atoms with Crippen LogP contribution >= 0.6 is 0 Å². The molecule has 3 N–H and O–H groups in total. The van der Waals surface area contributed by atoms with Gasteiger partial charge in [-0.2, -0.15) is 0 Å². The summed E-state index contributed by atoms with van der Waals surface area (Å²) in [4.78, 5) is 21.9. The molecule has 0 fully saturated rings. The minimum absolute atomic E-state index is 0.00538. The summed E-state index contributed by atoms with van der Waals surface area (Å²) in [5, 5.41) is 18.5. The summed E-state index contributed by atoms with van der Waals surface area (Å²) in [7, 11) is 0. The Bertz CT molecular complexity index is 686. The van der Waals surface area contributed by atoms with Crippen LogP contribution in [0.3, 0.4) is 0 Å². The van der Waals surface area contributed by atoms with Crippen LogP contribution in [0.4, 0.5) is 0 Å². The normalized spacial score (nSPS) is 19.5. The van der Waals surface area contributed by atoms with Crippen molar-refractivity contribution >= 4 is 11.2 Å².